The minimum Gasteiger partial charge on any atom is -0.361 e. The Morgan fingerprint density at radius 2 is 2.07 bits per heavy atom. The first-order chi connectivity index (χ1) is 6.68. The third-order valence-corrected chi connectivity index (χ3v) is 2.04. The zero-order chi connectivity index (χ0) is 10.1. The molecular formula is C10H7F2NO. The summed E-state index contributed by atoms with van der Waals surface area (Å²) in [6.07, 6.45) is -1.25. The van der Waals surface area contributed by atoms with Crippen molar-refractivity contribution in [1.82, 2.24) is 4.98 Å². The second-order valence-electron chi connectivity index (χ2n) is 2.94. The highest BCUT2D eigenvalue weighted by Gasteiger charge is 2.17. The number of hydrogen-bond donors (Lipinski definition) is 1. The Balaban J connectivity index is 2.48. The van der Waals surface area contributed by atoms with Gasteiger partial charge < -0.3 is 4.98 Å². The normalized spacial score (nSPS) is 11.1. The minimum atomic E-state index is -2.94. The van der Waals surface area contributed by atoms with Crippen molar-refractivity contribution >= 4 is 16.7 Å². The van der Waals surface area contributed by atoms with Crippen molar-refractivity contribution in [2.45, 2.75) is 6.43 Å². The van der Waals surface area contributed by atoms with Crippen LogP contribution in [0.2, 0.25) is 0 Å². The Labute approximate surface area is 78.5 Å². The smallest absolute Gasteiger partial charge is 0.300 e. The summed E-state index contributed by atoms with van der Waals surface area (Å²) in [5, 5.41) is 0.899. The maximum Gasteiger partial charge on any atom is 0.300 e. The Kier molecular flexibility index (Phi) is 2.04. The van der Waals surface area contributed by atoms with Gasteiger partial charge in [-0.25, -0.2) is 8.78 Å². The number of carbonyl (C=O) groups excluding carboxylic acids is 1. The van der Waals surface area contributed by atoms with Crippen molar-refractivity contribution in [2.24, 2.45) is 0 Å². The summed E-state index contributed by atoms with van der Waals surface area (Å²) in [5.41, 5.74) is 0.728. The topological polar surface area (TPSA) is 32.9 Å². The van der Waals surface area contributed by atoms with Gasteiger partial charge in [0.05, 0.1) is 0 Å². The van der Waals surface area contributed by atoms with E-state index in [1.165, 1.54) is 12.1 Å². The number of benzene rings is 1. The molecule has 1 N–H and O–H groups in total. The number of halogens is 2. The van der Waals surface area contributed by atoms with Gasteiger partial charge in [-0.2, -0.15) is 0 Å². The van der Waals surface area contributed by atoms with Gasteiger partial charge in [-0.1, -0.05) is 12.1 Å². The van der Waals surface area contributed by atoms with Crippen molar-refractivity contribution in [3.8, 4) is 0 Å². The Morgan fingerprint density at radius 1 is 1.29 bits per heavy atom. The summed E-state index contributed by atoms with van der Waals surface area (Å²) in [6, 6.07) is 6.29. The van der Waals surface area contributed by atoms with E-state index in [1.807, 2.05) is 6.07 Å². The zero-order valence-corrected chi connectivity index (χ0v) is 7.13. The highest BCUT2D eigenvalue weighted by atomic mass is 19.3. The lowest BCUT2D eigenvalue weighted by Gasteiger charge is -1.99. The molecule has 0 bridgehead atoms. The molecule has 0 atom stereocenters. The quantitative estimate of drug-likeness (QED) is 0.734. The fraction of sp³-hybridized carbons (Fsp3) is 0.100. The fourth-order valence-electron chi connectivity index (χ4n) is 1.33. The zero-order valence-electron chi connectivity index (χ0n) is 7.13. The average molecular weight is 195 g/mol. The van der Waals surface area contributed by atoms with Gasteiger partial charge in [0.15, 0.2) is 0 Å². The van der Waals surface area contributed by atoms with Crippen LogP contribution in [0.5, 0.6) is 0 Å². The summed E-state index contributed by atoms with van der Waals surface area (Å²) in [6.45, 7) is 0. The molecule has 0 aliphatic heterocycles. The standard InChI is InChI=1S/C10H7F2NO/c11-10(12)9(14)7-2-1-6-3-4-13-8(6)5-7/h1-5,10,13H. The van der Waals surface area contributed by atoms with E-state index in [0.29, 0.717) is 5.52 Å². The first-order valence-electron chi connectivity index (χ1n) is 4.08. The second-order valence-corrected chi connectivity index (χ2v) is 2.94. The van der Waals surface area contributed by atoms with Crippen LogP contribution in [0.1, 0.15) is 10.4 Å². The lowest BCUT2D eigenvalue weighted by atomic mass is 10.1. The van der Waals surface area contributed by atoms with Crippen molar-refractivity contribution < 1.29 is 13.6 Å². The molecule has 0 saturated carbocycles. The molecule has 0 unspecified atom stereocenters. The number of alkyl halides is 2. The summed E-state index contributed by atoms with van der Waals surface area (Å²) >= 11 is 0. The average Bonchev–Trinajstić information content (AvgIpc) is 2.62. The molecule has 4 heteroatoms. The van der Waals surface area contributed by atoms with Gasteiger partial charge >= 0.3 is 6.43 Å². The highest BCUT2D eigenvalue weighted by Crippen LogP contribution is 2.16. The van der Waals surface area contributed by atoms with E-state index in [4.69, 9.17) is 0 Å². The number of Topliss-reactive ketones (excluding diaryl/α,β-unsaturated/α-hetero) is 1. The van der Waals surface area contributed by atoms with Gasteiger partial charge in [0, 0.05) is 17.3 Å². The van der Waals surface area contributed by atoms with Crippen LogP contribution in [0.4, 0.5) is 8.78 Å². The summed E-state index contributed by atoms with van der Waals surface area (Å²) in [7, 11) is 0. The van der Waals surface area contributed by atoms with Crippen LogP contribution in [0.15, 0.2) is 30.5 Å². The second kappa shape index (κ2) is 3.21. The molecule has 0 fully saturated rings. The molecule has 1 aromatic heterocycles. The van der Waals surface area contributed by atoms with Gasteiger partial charge in [0.1, 0.15) is 0 Å². The van der Waals surface area contributed by atoms with E-state index < -0.39 is 12.2 Å². The lowest BCUT2D eigenvalue weighted by molar-refractivity contribution is 0.0679. The fourth-order valence-corrected chi connectivity index (χ4v) is 1.33. The van der Waals surface area contributed by atoms with Gasteiger partial charge in [0.25, 0.3) is 0 Å². The molecular weight excluding hydrogens is 188 g/mol. The molecule has 0 aliphatic rings. The molecule has 0 radical (unpaired) electrons. The SMILES string of the molecule is O=C(c1ccc2cc[nH]c2c1)C(F)F. The van der Waals surface area contributed by atoms with Crippen molar-refractivity contribution in [2.75, 3.05) is 0 Å². The van der Waals surface area contributed by atoms with Crippen LogP contribution < -0.4 is 0 Å². The number of nitrogens with one attached hydrogen (secondary N) is 1. The number of carbonyl (C=O) groups is 1. The Hall–Kier alpha value is -1.71. The van der Waals surface area contributed by atoms with Crippen molar-refractivity contribution in [3.63, 3.8) is 0 Å². The van der Waals surface area contributed by atoms with Gasteiger partial charge in [-0.05, 0) is 17.5 Å². The molecule has 2 aromatic rings. The van der Waals surface area contributed by atoms with Crippen molar-refractivity contribution in [3.05, 3.63) is 36.0 Å². The summed E-state index contributed by atoms with van der Waals surface area (Å²) < 4.78 is 24.2. The number of rotatable bonds is 2. The van der Waals surface area contributed by atoms with Crippen LogP contribution in [0, 0.1) is 0 Å². The van der Waals surface area contributed by atoms with E-state index in [0.717, 1.165) is 5.39 Å². The molecule has 0 saturated heterocycles. The Morgan fingerprint density at radius 3 is 2.79 bits per heavy atom. The van der Waals surface area contributed by atoms with Crippen LogP contribution in [-0.4, -0.2) is 17.2 Å². The number of fused-ring (bicyclic) bond motifs is 1. The van der Waals surface area contributed by atoms with Crippen LogP contribution in [-0.2, 0) is 0 Å². The van der Waals surface area contributed by atoms with E-state index in [2.05, 4.69) is 4.98 Å². The van der Waals surface area contributed by atoms with E-state index in [1.54, 1.807) is 12.3 Å². The predicted molar refractivity (Wildman–Crippen MR) is 48.6 cm³/mol. The largest absolute Gasteiger partial charge is 0.361 e. The Bertz CT molecular complexity index is 476. The van der Waals surface area contributed by atoms with Gasteiger partial charge in [-0.15, -0.1) is 0 Å². The number of aromatic nitrogens is 1. The van der Waals surface area contributed by atoms with Crippen LogP contribution >= 0.6 is 0 Å². The van der Waals surface area contributed by atoms with E-state index in [-0.39, 0.29) is 5.56 Å². The van der Waals surface area contributed by atoms with Gasteiger partial charge in [0.2, 0.25) is 5.78 Å². The molecule has 1 heterocycles. The third-order valence-electron chi connectivity index (χ3n) is 2.04. The third kappa shape index (κ3) is 1.39. The van der Waals surface area contributed by atoms with E-state index in [9.17, 15) is 13.6 Å². The minimum absolute atomic E-state index is 0.0370. The maximum atomic E-state index is 12.1. The first kappa shape index (κ1) is 8.87. The molecule has 72 valence electrons. The predicted octanol–water partition coefficient (Wildman–Crippen LogP) is 2.62. The van der Waals surface area contributed by atoms with Gasteiger partial charge in [-0.3, -0.25) is 4.79 Å². The molecule has 0 amide bonds. The summed E-state index contributed by atoms with van der Waals surface area (Å²) in [4.78, 5) is 13.8. The van der Waals surface area contributed by atoms with Crippen LogP contribution in [0.25, 0.3) is 10.9 Å². The van der Waals surface area contributed by atoms with Crippen molar-refractivity contribution in [1.29, 1.82) is 0 Å². The number of ketones is 1. The number of hydrogen-bond acceptors (Lipinski definition) is 1. The molecule has 0 aliphatic carbocycles. The highest BCUT2D eigenvalue weighted by molar-refractivity contribution is 6.01. The molecule has 2 nitrogen and oxygen atoms in total. The molecule has 1 aromatic carbocycles. The summed E-state index contributed by atoms with van der Waals surface area (Å²) in [5.74, 6) is -1.14. The maximum absolute atomic E-state index is 12.1. The first-order valence-corrected chi connectivity index (χ1v) is 4.08. The molecule has 2 rings (SSSR count). The molecule has 0 spiro atoms. The number of aromatic amines is 1. The van der Waals surface area contributed by atoms with E-state index >= 15 is 0 Å². The van der Waals surface area contributed by atoms with Crippen LogP contribution in [0.3, 0.4) is 0 Å². The molecule has 14 heavy (non-hydrogen) atoms. The monoisotopic (exact) mass is 195 g/mol. The lowest BCUT2D eigenvalue weighted by Crippen LogP contribution is -2.09. The number of H-pyrrole nitrogens is 1.